The van der Waals surface area contributed by atoms with Crippen molar-refractivity contribution in [2.75, 3.05) is 6.54 Å². The summed E-state index contributed by atoms with van der Waals surface area (Å²) in [4.78, 5) is 38.7. The number of carbonyl (C=O) groups is 3. The highest BCUT2D eigenvalue weighted by Gasteiger charge is 2.48. The maximum atomic E-state index is 12.8. The number of nitrogens with one attached hydrogen (secondary N) is 2. The minimum absolute atomic E-state index is 0.105. The molecule has 0 aromatic carbocycles. The molecular formula is C22H37N3O3. The van der Waals surface area contributed by atoms with Gasteiger partial charge in [0.25, 0.3) is 5.91 Å². The van der Waals surface area contributed by atoms with E-state index in [4.69, 9.17) is 0 Å². The summed E-state index contributed by atoms with van der Waals surface area (Å²) in [5, 5.41) is 5.87. The van der Waals surface area contributed by atoms with E-state index >= 15 is 0 Å². The summed E-state index contributed by atoms with van der Waals surface area (Å²) in [5.74, 6) is 1.60. The third kappa shape index (κ3) is 4.52. The van der Waals surface area contributed by atoms with E-state index in [2.05, 4.69) is 24.5 Å². The molecule has 3 rings (SSSR count). The molecule has 2 saturated carbocycles. The van der Waals surface area contributed by atoms with Gasteiger partial charge in [0.05, 0.1) is 0 Å². The topological polar surface area (TPSA) is 78.5 Å². The van der Waals surface area contributed by atoms with Gasteiger partial charge in [0, 0.05) is 6.04 Å². The van der Waals surface area contributed by atoms with E-state index in [1.54, 1.807) is 6.92 Å². The van der Waals surface area contributed by atoms with Crippen LogP contribution in [0.15, 0.2) is 0 Å². The van der Waals surface area contributed by atoms with E-state index in [0.29, 0.717) is 12.3 Å². The maximum absolute atomic E-state index is 12.8. The number of rotatable bonds is 10. The fourth-order valence-electron chi connectivity index (χ4n) is 5.60. The van der Waals surface area contributed by atoms with Gasteiger partial charge >= 0.3 is 6.03 Å². The Hall–Kier alpha value is -1.59. The van der Waals surface area contributed by atoms with Crippen molar-refractivity contribution >= 4 is 17.8 Å². The predicted octanol–water partition coefficient (Wildman–Crippen LogP) is 3.60. The smallest absolute Gasteiger partial charge is 0.325 e. The highest BCUT2D eigenvalue weighted by Crippen LogP contribution is 2.49. The number of carbonyl (C=O) groups excluding carboxylic acids is 3. The largest absolute Gasteiger partial charge is 0.352 e. The molecule has 6 nitrogen and oxygen atoms in total. The van der Waals surface area contributed by atoms with E-state index in [1.807, 2.05) is 0 Å². The van der Waals surface area contributed by atoms with Crippen molar-refractivity contribution in [1.29, 1.82) is 0 Å². The van der Waals surface area contributed by atoms with Crippen molar-refractivity contribution in [2.45, 2.75) is 96.6 Å². The molecule has 2 bridgehead atoms. The van der Waals surface area contributed by atoms with Crippen molar-refractivity contribution in [2.24, 2.45) is 17.8 Å². The van der Waals surface area contributed by atoms with Gasteiger partial charge in [-0.2, -0.15) is 0 Å². The number of hydrogen-bond donors (Lipinski definition) is 2. The van der Waals surface area contributed by atoms with Crippen molar-refractivity contribution < 1.29 is 14.4 Å². The summed E-state index contributed by atoms with van der Waals surface area (Å²) in [6, 6.07) is -0.336. The van der Waals surface area contributed by atoms with E-state index in [1.165, 1.54) is 38.5 Å². The molecule has 28 heavy (non-hydrogen) atoms. The minimum Gasteiger partial charge on any atom is -0.352 e. The highest BCUT2D eigenvalue weighted by molar-refractivity contribution is 6.08. The van der Waals surface area contributed by atoms with Gasteiger partial charge in [0.15, 0.2) is 0 Å². The third-order valence-electron chi connectivity index (χ3n) is 7.25. The predicted molar refractivity (Wildman–Crippen MR) is 109 cm³/mol. The summed E-state index contributed by atoms with van der Waals surface area (Å²) >= 11 is 0. The number of amides is 4. The van der Waals surface area contributed by atoms with Crippen LogP contribution < -0.4 is 10.6 Å². The first-order valence-electron chi connectivity index (χ1n) is 11.3. The van der Waals surface area contributed by atoms with Crippen molar-refractivity contribution in [1.82, 2.24) is 15.5 Å². The molecule has 0 aromatic heterocycles. The molecular weight excluding hydrogens is 354 g/mol. The van der Waals surface area contributed by atoms with Crippen molar-refractivity contribution in [3.8, 4) is 0 Å². The zero-order chi connectivity index (χ0) is 20.3. The van der Waals surface area contributed by atoms with Gasteiger partial charge in [-0.15, -0.1) is 0 Å². The van der Waals surface area contributed by atoms with Crippen LogP contribution in [0.2, 0.25) is 0 Å². The van der Waals surface area contributed by atoms with E-state index in [9.17, 15) is 14.4 Å². The summed E-state index contributed by atoms with van der Waals surface area (Å²) in [6.07, 6.45) is 11.2. The molecule has 1 aliphatic heterocycles. The Morgan fingerprint density at radius 3 is 2.61 bits per heavy atom. The Bertz CT molecular complexity index is 608. The molecule has 158 valence electrons. The first-order valence-corrected chi connectivity index (χ1v) is 11.3. The second-order valence-corrected chi connectivity index (χ2v) is 9.51. The number of urea groups is 1. The lowest BCUT2D eigenvalue weighted by molar-refractivity contribution is -0.135. The van der Waals surface area contributed by atoms with Gasteiger partial charge in [-0.05, 0) is 57.3 Å². The van der Waals surface area contributed by atoms with Crippen LogP contribution in [0.5, 0.6) is 0 Å². The fourth-order valence-corrected chi connectivity index (χ4v) is 5.60. The standard InChI is InChI=1S/C22H37N3O3/c1-4-5-6-7-8-11-22(3)20(27)25(21(28)24-22)14-19(26)23-15(2)18-13-16-9-10-17(18)12-16/h15-18H,4-14H2,1-3H3,(H,23,26)(H,24,28)/t15-,16-,17-,18+,22-/m0/s1. The number of hydrogen-bond acceptors (Lipinski definition) is 3. The van der Waals surface area contributed by atoms with Gasteiger partial charge in [0.2, 0.25) is 5.91 Å². The molecule has 6 heteroatoms. The molecule has 3 fully saturated rings. The second-order valence-electron chi connectivity index (χ2n) is 9.51. The summed E-state index contributed by atoms with van der Waals surface area (Å²) in [6.45, 7) is 5.84. The molecule has 0 aromatic rings. The zero-order valence-electron chi connectivity index (χ0n) is 17.8. The van der Waals surface area contributed by atoms with Gasteiger partial charge < -0.3 is 10.6 Å². The normalized spacial score (nSPS) is 32.7. The Balaban J connectivity index is 1.47. The fraction of sp³-hybridized carbons (Fsp3) is 0.864. The third-order valence-corrected chi connectivity index (χ3v) is 7.25. The summed E-state index contributed by atoms with van der Waals surface area (Å²) < 4.78 is 0. The molecule has 2 N–H and O–H groups in total. The van der Waals surface area contributed by atoms with Crippen molar-refractivity contribution in [3.05, 3.63) is 0 Å². The lowest BCUT2D eigenvalue weighted by atomic mass is 9.84. The monoisotopic (exact) mass is 391 g/mol. The first kappa shape index (κ1) is 21.1. The molecule has 0 unspecified atom stereocenters. The minimum atomic E-state index is -0.875. The van der Waals surface area contributed by atoms with Crippen LogP contribution >= 0.6 is 0 Å². The molecule has 4 amide bonds. The average molecular weight is 392 g/mol. The number of nitrogens with zero attached hydrogens (tertiary/aromatic N) is 1. The van der Waals surface area contributed by atoms with Crippen LogP contribution in [0.1, 0.15) is 85.0 Å². The van der Waals surface area contributed by atoms with E-state index in [0.717, 1.165) is 36.0 Å². The molecule has 1 saturated heterocycles. The quantitative estimate of drug-likeness (QED) is 0.441. The summed E-state index contributed by atoms with van der Waals surface area (Å²) in [5.41, 5.74) is -0.875. The molecule has 5 atom stereocenters. The zero-order valence-corrected chi connectivity index (χ0v) is 17.8. The molecule has 0 spiro atoms. The molecule has 0 radical (unpaired) electrons. The Labute approximate surface area is 169 Å². The van der Waals surface area contributed by atoms with Crippen LogP contribution in [0.4, 0.5) is 4.79 Å². The van der Waals surface area contributed by atoms with Gasteiger partial charge in [-0.1, -0.05) is 45.4 Å². The van der Waals surface area contributed by atoms with Crippen LogP contribution in [0, 0.1) is 17.8 Å². The first-order chi connectivity index (χ1) is 13.3. The van der Waals surface area contributed by atoms with Gasteiger partial charge in [-0.25, -0.2) is 4.79 Å². The SMILES string of the molecule is CCCCCCC[C@]1(C)NC(=O)N(CC(=O)N[C@@H](C)[C@H]2C[C@H]3CC[C@H]2C3)C1=O. The Kier molecular flexibility index (Phi) is 6.66. The lowest BCUT2D eigenvalue weighted by Crippen LogP contribution is -2.47. The van der Waals surface area contributed by atoms with Crippen LogP contribution in [0.3, 0.4) is 0 Å². The molecule has 2 aliphatic carbocycles. The highest BCUT2D eigenvalue weighted by atomic mass is 16.2. The average Bonchev–Trinajstić information content (AvgIpc) is 3.33. The van der Waals surface area contributed by atoms with Crippen LogP contribution in [0.25, 0.3) is 0 Å². The lowest BCUT2D eigenvalue weighted by Gasteiger charge is -2.29. The summed E-state index contributed by atoms with van der Waals surface area (Å²) in [7, 11) is 0. The molecule has 1 heterocycles. The van der Waals surface area contributed by atoms with E-state index in [-0.39, 0.29) is 24.4 Å². The number of imide groups is 1. The second kappa shape index (κ2) is 8.83. The van der Waals surface area contributed by atoms with E-state index < -0.39 is 11.6 Å². The van der Waals surface area contributed by atoms with Crippen molar-refractivity contribution in [3.63, 3.8) is 0 Å². The van der Waals surface area contributed by atoms with Crippen LogP contribution in [-0.2, 0) is 9.59 Å². The van der Waals surface area contributed by atoms with Crippen LogP contribution in [-0.4, -0.2) is 40.9 Å². The van der Waals surface area contributed by atoms with Gasteiger partial charge in [-0.3, -0.25) is 14.5 Å². The number of unbranched alkanes of at least 4 members (excludes halogenated alkanes) is 4. The van der Waals surface area contributed by atoms with Gasteiger partial charge in [0.1, 0.15) is 12.1 Å². The Morgan fingerprint density at radius 2 is 1.96 bits per heavy atom. The maximum Gasteiger partial charge on any atom is 0.325 e. The number of fused-ring (bicyclic) bond motifs is 2. The molecule has 3 aliphatic rings. The Morgan fingerprint density at radius 1 is 1.21 bits per heavy atom.